The first-order valence-corrected chi connectivity index (χ1v) is 6.30. The van der Waals surface area contributed by atoms with Crippen molar-refractivity contribution in [1.82, 2.24) is 0 Å². The van der Waals surface area contributed by atoms with Crippen LogP contribution < -0.4 is 5.32 Å². The van der Waals surface area contributed by atoms with Crippen LogP contribution in [-0.2, 0) is 0 Å². The fourth-order valence-corrected chi connectivity index (χ4v) is 1.98. The second-order valence-corrected chi connectivity index (χ2v) is 4.54. The van der Waals surface area contributed by atoms with Gasteiger partial charge in [-0.2, -0.15) is 0 Å². The van der Waals surface area contributed by atoms with Crippen LogP contribution in [0.2, 0.25) is 0 Å². The van der Waals surface area contributed by atoms with E-state index in [1.807, 2.05) is 12.1 Å². The van der Waals surface area contributed by atoms with Crippen molar-refractivity contribution >= 4 is 5.69 Å². The Kier molecular flexibility index (Phi) is 4.35. The molecular weight excluding hydrogens is 225 g/mol. The number of hydrogen-bond donors (Lipinski definition) is 1. The number of hydrogen-bond acceptors (Lipinski definition) is 1. The highest BCUT2D eigenvalue weighted by atomic mass is 19.1. The van der Waals surface area contributed by atoms with Gasteiger partial charge in [0.1, 0.15) is 5.82 Å². The lowest BCUT2D eigenvalue weighted by atomic mass is 9.98. The van der Waals surface area contributed by atoms with Crippen molar-refractivity contribution in [2.24, 2.45) is 0 Å². The number of benzene rings is 2. The van der Waals surface area contributed by atoms with Gasteiger partial charge in [-0.05, 0) is 36.1 Å². The molecule has 2 aromatic carbocycles. The van der Waals surface area contributed by atoms with Crippen molar-refractivity contribution in [2.75, 3.05) is 11.9 Å². The summed E-state index contributed by atoms with van der Waals surface area (Å²) in [6.07, 6.45) is 1.03. The molecule has 1 unspecified atom stereocenters. The molecule has 1 N–H and O–H groups in total. The summed E-state index contributed by atoms with van der Waals surface area (Å²) in [7, 11) is 0. The third-order valence-electron chi connectivity index (χ3n) is 3.10. The van der Waals surface area contributed by atoms with Crippen LogP contribution >= 0.6 is 0 Å². The van der Waals surface area contributed by atoms with Gasteiger partial charge in [0.25, 0.3) is 0 Å². The van der Waals surface area contributed by atoms with Crippen LogP contribution in [0.25, 0.3) is 0 Å². The van der Waals surface area contributed by atoms with E-state index in [0.29, 0.717) is 5.92 Å². The highest BCUT2D eigenvalue weighted by Gasteiger charge is 2.04. The molecule has 0 amide bonds. The molecule has 0 saturated carbocycles. The van der Waals surface area contributed by atoms with Crippen molar-refractivity contribution in [3.63, 3.8) is 0 Å². The van der Waals surface area contributed by atoms with E-state index in [0.717, 1.165) is 18.7 Å². The van der Waals surface area contributed by atoms with E-state index in [4.69, 9.17) is 0 Å². The van der Waals surface area contributed by atoms with Gasteiger partial charge in [-0.25, -0.2) is 4.39 Å². The molecule has 2 rings (SSSR count). The molecule has 2 heteroatoms. The standard InChI is InChI=1S/C16H18FN/c1-13(14-6-3-2-4-7-14)10-11-18-16-9-5-8-15(17)12-16/h2-9,12-13,18H,10-11H2,1H3. The summed E-state index contributed by atoms with van der Waals surface area (Å²) in [5.41, 5.74) is 2.19. The second kappa shape index (κ2) is 6.20. The molecule has 0 aliphatic carbocycles. The summed E-state index contributed by atoms with van der Waals surface area (Å²) < 4.78 is 13.0. The van der Waals surface area contributed by atoms with Crippen LogP contribution in [0.1, 0.15) is 24.8 Å². The molecule has 0 aliphatic rings. The third-order valence-corrected chi connectivity index (χ3v) is 3.10. The molecule has 0 fully saturated rings. The number of rotatable bonds is 5. The predicted octanol–water partition coefficient (Wildman–Crippen LogP) is 4.43. The van der Waals surface area contributed by atoms with Crippen molar-refractivity contribution < 1.29 is 4.39 Å². The molecule has 0 aromatic heterocycles. The van der Waals surface area contributed by atoms with Gasteiger partial charge in [-0.15, -0.1) is 0 Å². The van der Waals surface area contributed by atoms with Crippen LogP contribution in [0.15, 0.2) is 54.6 Å². The van der Waals surface area contributed by atoms with E-state index in [9.17, 15) is 4.39 Å². The van der Waals surface area contributed by atoms with E-state index in [1.54, 1.807) is 6.07 Å². The molecule has 1 atom stereocenters. The molecule has 0 aliphatic heterocycles. The van der Waals surface area contributed by atoms with Gasteiger partial charge in [-0.3, -0.25) is 0 Å². The lowest BCUT2D eigenvalue weighted by Gasteiger charge is -2.13. The first kappa shape index (κ1) is 12.6. The largest absolute Gasteiger partial charge is 0.385 e. The van der Waals surface area contributed by atoms with Crippen LogP contribution in [0, 0.1) is 5.82 Å². The smallest absolute Gasteiger partial charge is 0.125 e. The van der Waals surface area contributed by atoms with Crippen LogP contribution in [0.3, 0.4) is 0 Å². The fraction of sp³-hybridized carbons (Fsp3) is 0.250. The molecule has 0 bridgehead atoms. The van der Waals surface area contributed by atoms with Crippen LogP contribution in [-0.4, -0.2) is 6.54 Å². The minimum absolute atomic E-state index is 0.198. The monoisotopic (exact) mass is 243 g/mol. The molecule has 2 aromatic rings. The Morgan fingerprint density at radius 1 is 1.06 bits per heavy atom. The Bertz CT molecular complexity index is 481. The van der Waals surface area contributed by atoms with Crippen molar-refractivity contribution in [3.8, 4) is 0 Å². The van der Waals surface area contributed by atoms with Gasteiger partial charge in [0, 0.05) is 12.2 Å². The molecule has 94 valence electrons. The summed E-state index contributed by atoms with van der Waals surface area (Å²) in [4.78, 5) is 0. The van der Waals surface area contributed by atoms with E-state index in [1.165, 1.54) is 17.7 Å². The first-order chi connectivity index (χ1) is 8.75. The number of halogens is 1. The first-order valence-electron chi connectivity index (χ1n) is 6.30. The minimum Gasteiger partial charge on any atom is -0.385 e. The van der Waals surface area contributed by atoms with Crippen LogP contribution in [0.4, 0.5) is 10.1 Å². The van der Waals surface area contributed by atoms with Crippen molar-refractivity contribution in [2.45, 2.75) is 19.3 Å². The molecule has 0 saturated heterocycles. The van der Waals surface area contributed by atoms with Gasteiger partial charge in [0.2, 0.25) is 0 Å². The van der Waals surface area contributed by atoms with Crippen molar-refractivity contribution in [1.29, 1.82) is 0 Å². The predicted molar refractivity (Wildman–Crippen MR) is 74.4 cm³/mol. The van der Waals surface area contributed by atoms with E-state index >= 15 is 0 Å². The Morgan fingerprint density at radius 2 is 1.83 bits per heavy atom. The summed E-state index contributed by atoms with van der Waals surface area (Å²) in [6, 6.07) is 17.0. The minimum atomic E-state index is -0.198. The summed E-state index contributed by atoms with van der Waals surface area (Å²) in [6.45, 7) is 3.06. The van der Waals surface area contributed by atoms with Crippen molar-refractivity contribution in [3.05, 3.63) is 66.0 Å². The molecule has 0 radical (unpaired) electrons. The Labute approximate surface area is 108 Å². The topological polar surface area (TPSA) is 12.0 Å². The Hall–Kier alpha value is -1.83. The van der Waals surface area contributed by atoms with Crippen LogP contribution in [0.5, 0.6) is 0 Å². The lowest BCUT2D eigenvalue weighted by Crippen LogP contribution is -2.06. The summed E-state index contributed by atoms with van der Waals surface area (Å²) >= 11 is 0. The number of nitrogens with one attached hydrogen (secondary N) is 1. The summed E-state index contributed by atoms with van der Waals surface area (Å²) in [5, 5.41) is 3.25. The maximum atomic E-state index is 13.0. The Balaban J connectivity index is 1.82. The van der Waals surface area contributed by atoms with Gasteiger partial charge in [-0.1, -0.05) is 43.3 Å². The maximum absolute atomic E-state index is 13.0. The highest BCUT2D eigenvalue weighted by molar-refractivity contribution is 5.42. The zero-order valence-corrected chi connectivity index (χ0v) is 10.6. The van der Waals surface area contributed by atoms with Gasteiger partial charge < -0.3 is 5.32 Å². The zero-order chi connectivity index (χ0) is 12.8. The molecule has 0 heterocycles. The average Bonchev–Trinajstić information content (AvgIpc) is 2.40. The zero-order valence-electron chi connectivity index (χ0n) is 10.6. The fourth-order valence-electron chi connectivity index (χ4n) is 1.98. The quantitative estimate of drug-likeness (QED) is 0.819. The number of anilines is 1. The van der Waals surface area contributed by atoms with Gasteiger partial charge in [0.15, 0.2) is 0 Å². The highest BCUT2D eigenvalue weighted by Crippen LogP contribution is 2.18. The normalized spacial score (nSPS) is 12.1. The molecule has 1 nitrogen and oxygen atoms in total. The van der Waals surface area contributed by atoms with Gasteiger partial charge >= 0.3 is 0 Å². The SMILES string of the molecule is CC(CCNc1cccc(F)c1)c1ccccc1. The van der Waals surface area contributed by atoms with E-state index < -0.39 is 0 Å². The van der Waals surface area contributed by atoms with E-state index in [-0.39, 0.29) is 5.82 Å². The Morgan fingerprint density at radius 3 is 2.56 bits per heavy atom. The summed E-state index contributed by atoms with van der Waals surface area (Å²) in [5.74, 6) is 0.309. The second-order valence-electron chi connectivity index (χ2n) is 4.54. The lowest BCUT2D eigenvalue weighted by molar-refractivity contribution is 0.628. The van der Waals surface area contributed by atoms with E-state index in [2.05, 4.69) is 36.5 Å². The molecule has 18 heavy (non-hydrogen) atoms. The molecule has 0 spiro atoms. The maximum Gasteiger partial charge on any atom is 0.125 e. The van der Waals surface area contributed by atoms with Gasteiger partial charge in [0.05, 0.1) is 0 Å². The molecular formula is C16H18FN. The average molecular weight is 243 g/mol. The third kappa shape index (κ3) is 3.59.